The second kappa shape index (κ2) is 5.16. The van der Waals surface area contributed by atoms with Crippen LogP contribution in [0.3, 0.4) is 0 Å². The van der Waals surface area contributed by atoms with E-state index in [2.05, 4.69) is 5.32 Å². The maximum atomic E-state index is 11.9. The Kier molecular flexibility index (Phi) is 3.41. The fourth-order valence-electron chi connectivity index (χ4n) is 2.06. The summed E-state index contributed by atoms with van der Waals surface area (Å²) in [5.74, 6) is 0.114. The summed E-state index contributed by atoms with van der Waals surface area (Å²) in [4.78, 5) is 11.9. The van der Waals surface area contributed by atoms with Crippen LogP contribution in [0.25, 0.3) is 0 Å². The number of allylic oxidation sites excluding steroid dienone is 1. The molecule has 2 rings (SSSR count). The number of Topliss-reactive ketones (excluding diaryl/α,β-unsaturated/α-hetero) is 1. The number of hydrogen-bond acceptors (Lipinski definition) is 4. The van der Waals surface area contributed by atoms with Gasteiger partial charge in [-0.2, -0.15) is 10.5 Å². The molecular weight excluding hydrogens is 226 g/mol. The van der Waals surface area contributed by atoms with Crippen molar-refractivity contribution in [3.8, 4) is 12.1 Å². The summed E-state index contributed by atoms with van der Waals surface area (Å²) in [5, 5.41) is 20.2. The largest absolute Gasteiger partial charge is 0.359 e. The average molecular weight is 237 g/mol. The summed E-state index contributed by atoms with van der Waals surface area (Å²) >= 11 is 0. The van der Waals surface area contributed by atoms with Gasteiger partial charge in [0.1, 0.15) is 17.7 Å². The quantitative estimate of drug-likeness (QED) is 0.802. The number of carbonyl (C=O) groups excluding carboxylic acids is 1. The van der Waals surface area contributed by atoms with Gasteiger partial charge >= 0.3 is 0 Å². The van der Waals surface area contributed by atoms with E-state index in [1.54, 1.807) is 18.2 Å². The fourth-order valence-corrected chi connectivity index (χ4v) is 2.06. The van der Waals surface area contributed by atoms with Crippen LogP contribution in [0.15, 0.2) is 30.0 Å². The number of rotatable bonds is 2. The second-order valence-corrected chi connectivity index (χ2v) is 4.04. The molecule has 0 unspecified atom stereocenters. The van der Waals surface area contributed by atoms with Gasteiger partial charge in [0.25, 0.3) is 0 Å². The lowest BCUT2D eigenvalue weighted by atomic mass is 9.89. The summed E-state index contributed by atoms with van der Waals surface area (Å²) in [6.07, 6.45) is 3.66. The Balaban J connectivity index is 2.36. The van der Waals surface area contributed by atoms with E-state index in [0.717, 1.165) is 18.4 Å². The number of aryl methyl sites for hydroxylation is 1. The van der Waals surface area contributed by atoms with Gasteiger partial charge in [0, 0.05) is 23.9 Å². The Morgan fingerprint density at radius 2 is 2.06 bits per heavy atom. The highest BCUT2D eigenvalue weighted by molar-refractivity contribution is 6.03. The summed E-state index contributed by atoms with van der Waals surface area (Å²) in [5.41, 5.74) is 2.37. The first kappa shape index (κ1) is 11.9. The van der Waals surface area contributed by atoms with Crippen molar-refractivity contribution in [2.45, 2.75) is 19.3 Å². The minimum atomic E-state index is -0.0177. The van der Waals surface area contributed by atoms with Crippen molar-refractivity contribution >= 4 is 11.5 Å². The molecule has 1 aliphatic carbocycles. The SMILES string of the molecule is N#CC(C#N)=CNc1cccc2c1C(=O)CCC2. The number of fused-ring (bicyclic) bond motifs is 1. The number of carbonyl (C=O) groups is 1. The molecule has 4 heteroatoms. The number of nitriles is 2. The molecule has 0 atom stereocenters. The van der Waals surface area contributed by atoms with E-state index >= 15 is 0 Å². The third kappa shape index (κ3) is 2.23. The van der Waals surface area contributed by atoms with E-state index < -0.39 is 0 Å². The van der Waals surface area contributed by atoms with E-state index in [4.69, 9.17) is 10.5 Å². The monoisotopic (exact) mass is 237 g/mol. The maximum Gasteiger partial charge on any atom is 0.165 e. The van der Waals surface area contributed by atoms with E-state index in [-0.39, 0.29) is 11.4 Å². The van der Waals surface area contributed by atoms with Gasteiger partial charge in [-0.25, -0.2) is 0 Å². The molecule has 18 heavy (non-hydrogen) atoms. The van der Waals surface area contributed by atoms with Crippen molar-refractivity contribution < 1.29 is 4.79 Å². The summed E-state index contributed by atoms with van der Waals surface area (Å²) < 4.78 is 0. The fraction of sp³-hybridized carbons (Fsp3) is 0.214. The zero-order valence-corrected chi connectivity index (χ0v) is 9.73. The molecule has 0 radical (unpaired) electrons. The molecule has 1 aromatic rings. The predicted octanol–water partition coefficient (Wildman–Crippen LogP) is 2.55. The summed E-state index contributed by atoms with van der Waals surface area (Å²) in [6.45, 7) is 0. The minimum absolute atomic E-state index is 0.0177. The number of nitrogens with zero attached hydrogens (tertiary/aromatic N) is 2. The average Bonchev–Trinajstić information content (AvgIpc) is 2.40. The Morgan fingerprint density at radius 1 is 1.28 bits per heavy atom. The lowest BCUT2D eigenvalue weighted by molar-refractivity contribution is 0.0973. The van der Waals surface area contributed by atoms with Crippen LogP contribution < -0.4 is 5.32 Å². The first-order valence-electron chi connectivity index (χ1n) is 5.68. The van der Waals surface area contributed by atoms with Crippen molar-refractivity contribution in [1.29, 1.82) is 10.5 Å². The Hall–Kier alpha value is -2.59. The Bertz CT molecular complexity index is 586. The maximum absolute atomic E-state index is 11.9. The minimum Gasteiger partial charge on any atom is -0.359 e. The first-order valence-corrected chi connectivity index (χ1v) is 5.68. The summed E-state index contributed by atoms with van der Waals surface area (Å²) in [7, 11) is 0. The normalized spacial score (nSPS) is 12.9. The molecule has 0 saturated carbocycles. The van der Waals surface area contributed by atoms with Crippen molar-refractivity contribution in [2.75, 3.05) is 5.32 Å². The van der Waals surface area contributed by atoms with Gasteiger partial charge in [0.05, 0.1) is 0 Å². The van der Waals surface area contributed by atoms with Gasteiger partial charge in [0.2, 0.25) is 0 Å². The van der Waals surface area contributed by atoms with Gasteiger partial charge in [-0.15, -0.1) is 0 Å². The third-order valence-electron chi connectivity index (χ3n) is 2.89. The molecule has 1 aliphatic rings. The van der Waals surface area contributed by atoms with E-state index in [9.17, 15) is 4.79 Å². The van der Waals surface area contributed by atoms with Crippen LogP contribution in [0.1, 0.15) is 28.8 Å². The highest BCUT2D eigenvalue weighted by atomic mass is 16.1. The number of hydrogen-bond donors (Lipinski definition) is 1. The van der Waals surface area contributed by atoms with Crippen molar-refractivity contribution in [1.82, 2.24) is 0 Å². The number of anilines is 1. The predicted molar refractivity (Wildman–Crippen MR) is 66.6 cm³/mol. The van der Waals surface area contributed by atoms with Crippen LogP contribution >= 0.6 is 0 Å². The standard InChI is InChI=1S/C14H11N3O/c15-7-10(8-16)9-17-12-5-1-3-11-4-2-6-13(18)14(11)12/h1,3,5,9,17H,2,4,6H2. The molecule has 1 aromatic carbocycles. The number of nitrogens with one attached hydrogen (secondary N) is 1. The summed E-state index contributed by atoms with van der Waals surface area (Å²) in [6, 6.07) is 9.12. The van der Waals surface area contributed by atoms with E-state index in [1.165, 1.54) is 6.20 Å². The Morgan fingerprint density at radius 3 is 2.78 bits per heavy atom. The molecule has 4 nitrogen and oxygen atoms in total. The van der Waals surface area contributed by atoms with Gasteiger partial charge in [-0.05, 0) is 24.5 Å². The first-order chi connectivity index (χ1) is 8.76. The molecular formula is C14H11N3O. The lowest BCUT2D eigenvalue weighted by Gasteiger charge is -2.17. The van der Waals surface area contributed by atoms with Crippen molar-refractivity contribution in [2.24, 2.45) is 0 Å². The third-order valence-corrected chi connectivity index (χ3v) is 2.89. The molecule has 0 aromatic heterocycles. The van der Waals surface area contributed by atoms with E-state index in [0.29, 0.717) is 17.7 Å². The van der Waals surface area contributed by atoms with Gasteiger partial charge in [0.15, 0.2) is 5.78 Å². The molecule has 88 valence electrons. The van der Waals surface area contributed by atoms with E-state index in [1.807, 2.05) is 12.1 Å². The number of benzene rings is 1. The molecule has 1 N–H and O–H groups in total. The van der Waals surface area contributed by atoms with Gasteiger partial charge < -0.3 is 5.32 Å². The van der Waals surface area contributed by atoms with Gasteiger partial charge in [-0.3, -0.25) is 4.79 Å². The van der Waals surface area contributed by atoms with Crippen LogP contribution in [0.5, 0.6) is 0 Å². The molecule has 0 fully saturated rings. The zero-order valence-electron chi connectivity index (χ0n) is 9.73. The van der Waals surface area contributed by atoms with Crippen LogP contribution in [0.4, 0.5) is 5.69 Å². The topological polar surface area (TPSA) is 76.7 Å². The van der Waals surface area contributed by atoms with Crippen molar-refractivity contribution in [3.63, 3.8) is 0 Å². The number of ketones is 1. The molecule has 0 aliphatic heterocycles. The lowest BCUT2D eigenvalue weighted by Crippen LogP contribution is -2.13. The smallest absolute Gasteiger partial charge is 0.165 e. The van der Waals surface area contributed by atoms with Gasteiger partial charge in [-0.1, -0.05) is 12.1 Å². The Labute approximate surface area is 105 Å². The van der Waals surface area contributed by atoms with Crippen LogP contribution in [-0.4, -0.2) is 5.78 Å². The second-order valence-electron chi connectivity index (χ2n) is 4.04. The highest BCUT2D eigenvalue weighted by Crippen LogP contribution is 2.27. The molecule has 0 bridgehead atoms. The zero-order chi connectivity index (χ0) is 13.0. The molecule has 0 spiro atoms. The molecule has 0 amide bonds. The molecule has 0 saturated heterocycles. The van der Waals surface area contributed by atoms with Crippen LogP contribution in [0, 0.1) is 22.7 Å². The highest BCUT2D eigenvalue weighted by Gasteiger charge is 2.19. The van der Waals surface area contributed by atoms with Crippen LogP contribution in [-0.2, 0) is 6.42 Å². The van der Waals surface area contributed by atoms with Crippen molar-refractivity contribution in [3.05, 3.63) is 41.1 Å². The molecule has 0 heterocycles. The van der Waals surface area contributed by atoms with Crippen LogP contribution in [0.2, 0.25) is 0 Å².